The second-order valence-electron chi connectivity index (χ2n) is 5.07. The molecule has 0 spiro atoms. The standard InChI is InChI=1S/C16H15ClINO/c1-16(2,11-6-4-3-5-7-11)19-15(20)13-9-8-12(17)10-14(13)18/h3-10H,1-2H3,(H,19,20). The summed E-state index contributed by atoms with van der Waals surface area (Å²) in [5.74, 6) is -0.0973. The van der Waals surface area contributed by atoms with Crippen LogP contribution in [0.1, 0.15) is 29.8 Å². The Kier molecular flexibility index (Phi) is 4.70. The maximum atomic E-state index is 12.4. The molecule has 0 atom stereocenters. The number of halogens is 2. The summed E-state index contributed by atoms with van der Waals surface area (Å²) in [4.78, 5) is 12.4. The molecule has 104 valence electrons. The first-order valence-electron chi connectivity index (χ1n) is 6.23. The van der Waals surface area contributed by atoms with Gasteiger partial charge in [-0.3, -0.25) is 4.79 Å². The van der Waals surface area contributed by atoms with Crippen molar-refractivity contribution < 1.29 is 4.79 Å². The van der Waals surface area contributed by atoms with Crippen LogP contribution in [0, 0.1) is 3.57 Å². The lowest BCUT2D eigenvalue weighted by molar-refractivity contribution is 0.0911. The molecule has 1 N–H and O–H groups in total. The van der Waals surface area contributed by atoms with E-state index in [2.05, 4.69) is 27.9 Å². The molecule has 0 aliphatic heterocycles. The van der Waals surface area contributed by atoms with Crippen molar-refractivity contribution in [2.75, 3.05) is 0 Å². The van der Waals surface area contributed by atoms with E-state index < -0.39 is 5.54 Å². The van der Waals surface area contributed by atoms with Crippen molar-refractivity contribution in [3.63, 3.8) is 0 Å². The number of nitrogens with one attached hydrogen (secondary N) is 1. The van der Waals surface area contributed by atoms with Crippen LogP contribution in [0.25, 0.3) is 0 Å². The maximum absolute atomic E-state index is 12.4. The molecule has 0 aromatic heterocycles. The fraction of sp³-hybridized carbons (Fsp3) is 0.188. The summed E-state index contributed by atoms with van der Waals surface area (Å²) in [5, 5.41) is 3.69. The second kappa shape index (κ2) is 6.14. The van der Waals surface area contributed by atoms with Gasteiger partial charge in [-0.25, -0.2) is 0 Å². The zero-order valence-corrected chi connectivity index (χ0v) is 14.2. The van der Waals surface area contributed by atoms with Gasteiger partial charge in [0.05, 0.1) is 11.1 Å². The molecule has 2 rings (SSSR count). The van der Waals surface area contributed by atoms with Gasteiger partial charge in [0.2, 0.25) is 0 Å². The highest BCUT2D eigenvalue weighted by molar-refractivity contribution is 14.1. The zero-order chi connectivity index (χ0) is 14.8. The monoisotopic (exact) mass is 399 g/mol. The Morgan fingerprint density at radius 2 is 1.80 bits per heavy atom. The number of carbonyl (C=O) groups excluding carboxylic acids is 1. The molecule has 20 heavy (non-hydrogen) atoms. The van der Waals surface area contributed by atoms with Gasteiger partial charge in [0.25, 0.3) is 5.91 Å². The summed E-state index contributed by atoms with van der Waals surface area (Å²) >= 11 is 8.04. The maximum Gasteiger partial charge on any atom is 0.253 e. The predicted octanol–water partition coefficient (Wildman–Crippen LogP) is 4.61. The van der Waals surface area contributed by atoms with Crippen molar-refractivity contribution in [2.45, 2.75) is 19.4 Å². The van der Waals surface area contributed by atoms with E-state index in [4.69, 9.17) is 11.6 Å². The summed E-state index contributed by atoms with van der Waals surface area (Å²) in [7, 11) is 0. The summed E-state index contributed by atoms with van der Waals surface area (Å²) in [6.45, 7) is 3.98. The largest absolute Gasteiger partial charge is 0.343 e. The lowest BCUT2D eigenvalue weighted by Crippen LogP contribution is -2.41. The molecule has 2 aromatic rings. The number of amides is 1. The highest BCUT2D eigenvalue weighted by Gasteiger charge is 2.24. The third kappa shape index (κ3) is 3.52. The summed E-state index contributed by atoms with van der Waals surface area (Å²) < 4.78 is 0.844. The van der Waals surface area contributed by atoms with Crippen LogP contribution < -0.4 is 5.32 Å². The van der Waals surface area contributed by atoms with E-state index in [1.165, 1.54) is 0 Å². The second-order valence-corrected chi connectivity index (χ2v) is 6.67. The minimum atomic E-state index is -0.430. The van der Waals surface area contributed by atoms with Crippen molar-refractivity contribution >= 4 is 40.1 Å². The number of hydrogen-bond donors (Lipinski definition) is 1. The average molecular weight is 400 g/mol. The Bertz CT molecular complexity index is 626. The smallest absolute Gasteiger partial charge is 0.253 e. The van der Waals surface area contributed by atoms with Crippen LogP contribution >= 0.6 is 34.2 Å². The quantitative estimate of drug-likeness (QED) is 0.750. The van der Waals surface area contributed by atoms with E-state index in [0.29, 0.717) is 10.6 Å². The predicted molar refractivity (Wildman–Crippen MR) is 91.1 cm³/mol. The lowest BCUT2D eigenvalue weighted by atomic mass is 9.94. The third-order valence-corrected chi connectivity index (χ3v) is 4.22. The van der Waals surface area contributed by atoms with Crippen molar-refractivity contribution in [1.82, 2.24) is 5.32 Å². The highest BCUT2D eigenvalue weighted by atomic mass is 127. The van der Waals surface area contributed by atoms with E-state index in [9.17, 15) is 4.79 Å². The summed E-state index contributed by atoms with van der Waals surface area (Å²) in [6, 6.07) is 15.2. The van der Waals surface area contributed by atoms with Gasteiger partial charge < -0.3 is 5.32 Å². The van der Waals surface area contributed by atoms with Gasteiger partial charge in [-0.05, 0) is 60.2 Å². The van der Waals surface area contributed by atoms with Crippen LogP contribution in [0.15, 0.2) is 48.5 Å². The first-order chi connectivity index (χ1) is 9.40. The molecule has 4 heteroatoms. The SMILES string of the molecule is CC(C)(NC(=O)c1ccc(Cl)cc1I)c1ccccc1. The fourth-order valence-electron chi connectivity index (χ4n) is 1.95. The van der Waals surface area contributed by atoms with Gasteiger partial charge in [0, 0.05) is 8.59 Å². The van der Waals surface area contributed by atoms with Crippen molar-refractivity contribution in [2.24, 2.45) is 0 Å². The fourth-order valence-corrected chi connectivity index (χ4v) is 3.07. The molecule has 0 radical (unpaired) electrons. The molecule has 0 aliphatic carbocycles. The molecule has 0 unspecified atom stereocenters. The van der Waals surface area contributed by atoms with Gasteiger partial charge >= 0.3 is 0 Å². The number of hydrogen-bond acceptors (Lipinski definition) is 1. The van der Waals surface area contributed by atoms with Gasteiger partial charge in [0.15, 0.2) is 0 Å². The molecule has 1 amide bonds. The molecular formula is C16H15ClINO. The van der Waals surface area contributed by atoms with E-state index in [-0.39, 0.29) is 5.91 Å². The van der Waals surface area contributed by atoms with Crippen molar-refractivity contribution in [3.05, 3.63) is 68.3 Å². The first kappa shape index (κ1) is 15.3. The number of carbonyl (C=O) groups is 1. The lowest BCUT2D eigenvalue weighted by Gasteiger charge is -2.27. The minimum Gasteiger partial charge on any atom is -0.343 e. The molecule has 2 nitrogen and oxygen atoms in total. The van der Waals surface area contributed by atoms with Crippen LogP contribution in [-0.2, 0) is 5.54 Å². The first-order valence-corrected chi connectivity index (χ1v) is 7.69. The molecule has 0 fully saturated rings. The van der Waals surface area contributed by atoms with Crippen molar-refractivity contribution in [1.29, 1.82) is 0 Å². The molecule has 0 heterocycles. The van der Waals surface area contributed by atoms with Gasteiger partial charge in [-0.2, -0.15) is 0 Å². The summed E-state index contributed by atoms with van der Waals surface area (Å²) in [6.07, 6.45) is 0. The van der Waals surface area contributed by atoms with Gasteiger partial charge in [-0.1, -0.05) is 41.9 Å². The molecule has 2 aromatic carbocycles. The summed E-state index contributed by atoms with van der Waals surface area (Å²) in [5.41, 5.74) is 1.28. The molecule has 0 saturated carbocycles. The number of benzene rings is 2. The molecular weight excluding hydrogens is 385 g/mol. The van der Waals surface area contributed by atoms with E-state index >= 15 is 0 Å². The number of rotatable bonds is 3. The topological polar surface area (TPSA) is 29.1 Å². The van der Waals surface area contributed by atoms with E-state index in [1.807, 2.05) is 44.2 Å². The Morgan fingerprint density at radius 1 is 1.15 bits per heavy atom. The normalized spacial score (nSPS) is 11.2. The van der Waals surface area contributed by atoms with E-state index in [0.717, 1.165) is 9.13 Å². The zero-order valence-electron chi connectivity index (χ0n) is 11.3. The Hall–Kier alpha value is -1.07. The van der Waals surface area contributed by atoms with Gasteiger partial charge in [-0.15, -0.1) is 0 Å². The minimum absolute atomic E-state index is 0.0973. The van der Waals surface area contributed by atoms with Gasteiger partial charge in [0.1, 0.15) is 0 Å². The average Bonchev–Trinajstić information content (AvgIpc) is 2.39. The molecule has 0 saturated heterocycles. The van der Waals surface area contributed by atoms with Crippen LogP contribution in [0.3, 0.4) is 0 Å². The van der Waals surface area contributed by atoms with E-state index in [1.54, 1.807) is 18.2 Å². The Labute approximate surface area is 137 Å². The van der Waals surface area contributed by atoms with Crippen LogP contribution in [0.4, 0.5) is 0 Å². The van der Waals surface area contributed by atoms with Crippen molar-refractivity contribution in [3.8, 4) is 0 Å². The Balaban J connectivity index is 2.23. The molecule has 0 aliphatic rings. The molecule has 0 bridgehead atoms. The third-order valence-electron chi connectivity index (χ3n) is 3.10. The Morgan fingerprint density at radius 3 is 2.40 bits per heavy atom. The highest BCUT2D eigenvalue weighted by Crippen LogP contribution is 2.22. The van der Waals surface area contributed by atoms with Crippen LogP contribution in [-0.4, -0.2) is 5.91 Å². The van der Waals surface area contributed by atoms with Crippen LogP contribution in [0.2, 0.25) is 5.02 Å². The van der Waals surface area contributed by atoms with Crippen LogP contribution in [0.5, 0.6) is 0 Å².